The summed E-state index contributed by atoms with van der Waals surface area (Å²) in [5, 5.41) is 18.7. The summed E-state index contributed by atoms with van der Waals surface area (Å²) in [5.74, 6) is 0.773. The van der Waals surface area contributed by atoms with Gasteiger partial charge in [0, 0.05) is 24.7 Å². The van der Waals surface area contributed by atoms with E-state index >= 15 is 0 Å². The van der Waals surface area contributed by atoms with Gasteiger partial charge in [-0.3, -0.25) is 4.90 Å². The van der Waals surface area contributed by atoms with Crippen LogP contribution in [0.4, 0.5) is 0 Å². The van der Waals surface area contributed by atoms with E-state index in [4.69, 9.17) is 4.74 Å². The molecule has 1 aromatic rings. The molecule has 0 saturated heterocycles. The van der Waals surface area contributed by atoms with Gasteiger partial charge in [0.05, 0.1) is 7.11 Å². The first kappa shape index (κ1) is 18.0. The summed E-state index contributed by atoms with van der Waals surface area (Å²) in [7, 11) is 4.30. The van der Waals surface area contributed by atoms with Gasteiger partial charge >= 0.3 is 7.12 Å². The fraction of sp³-hybridized carbons (Fsp3) is 0.600. The number of hydrogen-bond acceptors (Lipinski definition) is 5. The second kappa shape index (κ2) is 8.39. The molecule has 0 amide bonds. The first-order valence-corrected chi connectivity index (χ1v) is 7.30. The molecule has 0 saturated carbocycles. The van der Waals surface area contributed by atoms with E-state index in [0.717, 1.165) is 30.9 Å². The maximum Gasteiger partial charge on any atom is 0.488 e. The van der Waals surface area contributed by atoms with Crippen LogP contribution in [0.15, 0.2) is 18.2 Å². The third kappa shape index (κ3) is 5.32. The van der Waals surface area contributed by atoms with Crippen molar-refractivity contribution in [2.24, 2.45) is 0 Å². The Hall–Kier alpha value is -1.08. The van der Waals surface area contributed by atoms with E-state index in [9.17, 15) is 10.0 Å². The van der Waals surface area contributed by atoms with Gasteiger partial charge in [-0.05, 0) is 39.1 Å². The van der Waals surface area contributed by atoms with Gasteiger partial charge in [-0.25, -0.2) is 0 Å². The number of benzene rings is 1. The van der Waals surface area contributed by atoms with Gasteiger partial charge in [0.15, 0.2) is 0 Å². The summed E-state index contributed by atoms with van der Waals surface area (Å²) in [6.07, 6.45) is 0. The lowest BCUT2D eigenvalue weighted by atomic mass is 9.79. The summed E-state index contributed by atoms with van der Waals surface area (Å²) < 4.78 is 5.39. The minimum absolute atomic E-state index is 0.400. The number of ether oxygens (including phenoxy) is 1. The molecule has 0 radical (unpaired) electrons. The first-order valence-electron chi connectivity index (χ1n) is 7.30. The molecule has 118 valence electrons. The highest BCUT2D eigenvalue weighted by molar-refractivity contribution is 6.58. The van der Waals surface area contributed by atoms with Crippen LogP contribution in [-0.2, 0) is 6.54 Å². The molecule has 1 rings (SSSR count). The van der Waals surface area contributed by atoms with E-state index in [-0.39, 0.29) is 0 Å². The van der Waals surface area contributed by atoms with Gasteiger partial charge in [-0.2, -0.15) is 0 Å². The van der Waals surface area contributed by atoms with Crippen LogP contribution in [0, 0.1) is 0 Å². The molecular formula is C15H27BN2O3. The zero-order chi connectivity index (χ0) is 16.0. The maximum absolute atomic E-state index is 9.33. The Morgan fingerprint density at radius 2 is 1.95 bits per heavy atom. The van der Waals surface area contributed by atoms with Crippen molar-refractivity contribution in [3.8, 4) is 5.75 Å². The Morgan fingerprint density at radius 3 is 2.43 bits per heavy atom. The molecule has 0 aromatic heterocycles. The van der Waals surface area contributed by atoms with Gasteiger partial charge in [0.2, 0.25) is 0 Å². The zero-order valence-corrected chi connectivity index (χ0v) is 13.7. The highest BCUT2D eigenvalue weighted by atomic mass is 16.5. The summed E-state index contributed by atoms with van der Waals surface area (Å²) >= 11 is 0. The van der Waals surface area contributed by atoms with Gasteiger partial charge in [-0.15, -0.1) is 0 Å². The van der Waals surface area contributed by atoms with Crippen LogP contribution in [0.25, 0.3) is 0 Å². The van der Waals surface area contributed by atoms with Crippen molar-refractivity contribution in [1.29, 1.82) is 0 Å². The van der Waals surface area contributed by atoms with Crippen molar-refractivity contribution in [3.05, 3.63) is 23.8 Å². The topological polar surface area (TPSA) is 56.2 Å². The zero-order valence-electron chi connectivity index (χ0n) is 13.7. The van der Waals surface area contributed by atoms with E-state index in [1.165, 1.54) is 0 Å². The van der Waals surface area contributed by atoms with Crippen LogP contribution in [0.2, 0.25) is 0 Å². The lowest BCUT2D eigenvalue weighted by Gasteiger charge is -2.30. The van der Waals surface area contributed by atoms with Crippen molar-refractivity contribution in [1.82, 2.24) is 9.80 Å². The predicted octanol–water partition coefficient (Wildman–Crippen LogP) is 0.147. The average molecular weight is 294 g/mol. The molecule has 0 aliphatic carbocycles. The molecule has 0 aliphatic heterocycles. The first-order chi connectivity index (χ1) is 9.88. The fourth-order valence-electron chi connectivity index (χ4n) is 2.52. The molecule has 0 bridgehead atoms. The molecule has 6 heteroatoms. The Labute approximate surface area is 128 Å². The Balaban J connectivity index is 2.94. The van der Waals surface area contributed by atoms with E-state index in [2.05, 4.69) is 37.7 Å². The molecule has 0 aliphatic rings. The van der Waals surface area contributed by atoms with Gasteiger partial charge in [0.25, 0.3) is 0 Å². The highest BCUT2D eigenvalue weighted by Gasteiger charge is 2.18. The third-order valence-corrected chi connectivity index (χ3v) is 3.63. The van der Waals surface area contributed by atoms with Crippen LogP contribution in [-0.4, -0.2) is 67.3 Å². The van der Waals surface area contributed by atoms with Crippen LogP contribution < -0.4 is 10.2 Å². The lowest BCUT2D eigenvalue weighted by molar-refractivity contribution is 0.172. The summed E-state index contributed by atoms with van der Waals surface area (Å²) in [6.45, 7) is 6.93. The fourth-order valence-corrected chi connectivity index (χ4v) is 2.52. The minimum Gasteiger partial charge on any atom is -0.496 e. The minimum atomic E-state index is -1.45. The number of methoxy groups -OCH3 is 1. The summed E-state index contributed by atoms with van der Waals surface area (Å²) in [5.41, 5.74) is 1.46. The van der Waals surface area contributed by atoms with E-state index in [1.807, 2.05) is 0 Å². The summed E-state index contributed by atoms with van der Waals surface area (Å²) in [4.78, 5) is 4.50. The molecule has 1 unspecified atom stereocenters. The highest BCUT2D eigenvalue weighted by Crippen LogP contribution is 2.19. The van der Waals surface area contributed by atoms with Crippen molar-refractivity contribution in [2.75, 3.05) is 34.3 Å². The molecule has 2 N–H and O–H groups in total. The number of nitrogens with zero attached hydrogens (tertiary/aromatic N) is 2. The molecule has 1 atom stereocenters. The third-order valence-electron chi connectivity index (χ3n) is 3.63. The summed E-state index contributed by atoms with van der Waals surface area (Å²) in [6, 6.07) is 5.66. The van der Waals surface area contributed by atoms with Crippen molar-refractivity contribution < 1.29 is 14.8 Å². The largest absolute Gasteiger partial charge is 0.496 e. The number of rotatable bonds is 8. The van der Waals surface area contributed by atoms with E-state index < -0.39 is 7.12 Å². The SMILES string of the molecule is CCN(Cc1cc(B(O)O)ccc1OC)C(C)CN(C)C. The van der Waals surface area contributed by atoms with Gasteiger partial charge < -0.3 is 19.7 Å². The maximum atomic E-state index is 9.33. The normalized spacial score (nSPS) is 12.8. The number of likely N-dealkylation sites (N-methyl/N-ethyl adjacent to an activating group) is 2. The molecule has 1 aromatic carbocycles. The molecule has 0 fully saturated rings. The monoisotopic (exact) mass is 294 g/mol. The van der Waals surface area contributed by atoms with Crippen LogP contribution in [0.3, 0.4) is 0 Å². The average Bonchev–Trinajstić information content (AvgIpc) is 2.43. The van der Waals surface area contributed by atoms with E-state index in [0.29, 0.717) is 11.5 Å². The van der Waals surface area contributed by atoms with Crippen LogP contribution in [0.5, 0.6) is 5.75 Å². The Kier molecular flexibility index (Phi) is 7.18. The smallest absolute Gasteiger partial charge is 0.488 e. The molecule has 5 nitrogen and oxygen atoms in total. The van der Waals surface area contributed by atoms with Crippen LogP contribution >= 0.6 is 0 Å². The lowest BCUT2D eigenvalue weighted by Crippen LogP contribution is -2.40. The molecule has 21 heavy (non-hydrogen) atoms. The molecule has 0 heterocycles. The Morgan fingerprint density at radius 1 is 1.29 bits per heavy atom. The number of hydrogen-bond donors (Lipinski definition) is 2. The van der Waals surface area contributed by atoms with Crippen molar-refractivity contribution >= 4 is 12.6 Å². The quantitative estimate of drug-likeness (QED) is 0.668. The Bertz CT molecular complexity index is 441. The van der Waals surface area contributed by atoms with Gasteiger partial charge in [-0.1, -0.05) is 19.1 Å². The predicted molar refractivity (Wildman–Crippen MR) is 86.9 cm³/mol. The van der Waals surface area contributed by atoms with Gasteiger partial charge in [0.1, 0.15) is 5.75 Å². The second-order valence-electron chi connectivity index (χ2n) is 5.62. The van der Waals surface area contributed by atoms with Crippen LogP contribution in [0.1, 0.15) is 19.4 Å². The van der Waals surface area contributed by atoms with Crippen molar-refractivity contribution in [3.63, 3.8) is 0 Å². The second-order valence-corrected chi connectivity index (χ2v) is 5.62. The standard InChI is InChI=1S/C15H27BN2O3/c1-6-18(12(2)10-17(3)4)11-13-9-14(16(19)20)7-8-15(13)21-5/h7-9,12,19-20H,6,10-11H2,1-5H3. The van der Waals surface area contributed by atoms with E-state index in [1.54, 1.807) is 25.3 Å². The van der Waals surface area contributed by atoms with Crippen molar-refractivity contribution in [2.45, 2.75) is 26.4 Å². The molecular weight excluding hydrogens is 267 g/mol. The molecule has 0 spiro atoms.